The Labute approximate surface area is 105 Å². The van der Waals surface area contributed by atoms with E-state index in [-0.39, 0.29) is 5.56 Å². The summed E-state index contributed by atoms with van der Waals surface area (Å²) in [6.07, 6.45) is 8.62. The Hall–Kier alpha value is -1.88. The number of aromatic amines is 1. The molecule has 0 bridgehead atoms. The van der Waals surface area contributed by atoms with Crippen LogP contribution in [0.5, 0.6) is 0 Å². The Morgan fingerprint density at radius 1 is 1.17 bits per heavy atom. The van der Waals surface area contributed by atoms with Crippen LogP contribution in [0.4, 0.5) is 5.95 Å². The second kappa shape index (κ2) is 4.78. The van der Waals surface area contributed by atoms with Crippen LogP contribution < -0.4 is 15.8 Å². The number of piperazine rings is 1. The first-order valence-corrected chi connectivity index (χ1v) is 6.28. The number of nitrogens with one attached hydrogen (secondary N) is 2. The predicted molar refractivity (Wildman–Crippen MR) is 72.6 cm³/mol. The lowest BCUT2D eigenvalue weighted by molar-refractivity contribution is 0.579. The van der Waals surface area contributed by atoms with Crippen molar-refractivity contribution in [2.45, 2.75) is 6.42 Å². The third-order valence-corrected chi connectivity index (χ3v) is 3.22. The molecule has 2 heterocycles. The molecule has 0 radical (unpaired) electrons. The molecule has 5 nitrogen and oxygen atoms in total. The first kappa shape index (κ1) is 11.2. The van der Waals surface area contributed by atoms with Crippen LogP contribution in [0.25, 0.3) is 12.2 Å². The van der Waals surface area contributed by atoms with Gasteiger partial charge in [-0.05, 0) is 12.5 Å². The van der Waals surface area contributed by atoms with Gasteiger partial charge in [0.2, 0.25) is 5.95 Å². The fourth-order valence-electron chi connectivity index (χ4n) is 2.25. The molecule has 0 amide bonds. The lowest BCUT2D eigenvalue weighted by atomic mass is 10.2. The number of aromatic nitrogens is 2. The number of fused-ring (bicyclic) bond motifs is 1. The van der Waals surface area contributed by atoms with Gasteiger partial charge in [0, 0.05) is 26.2 Å². The van der Waals surface area contributed by atoms with Gasteiger partial charge in [0.25, 0.3) is 5.56 Å². The summed E-state index contributed by atoms with van der Waals surface area (Å²) in [5.74, 6) is 0.681. The summed E-state index contributed by atoms with van der Waals surface area (Å²) in [4.78, 5) is 21.6. The van der Waals surface area contributed by atoms with Crippen LogP contribution in [-0.2, 0) is 0 Å². The first-order chi connectivity index (χ1) is 8.84. The molecule has 2 N–H and O–H groups in total. The molecular weight excluding hydrogens is 228 g/mol. The monoisotopic (exact) mass is 244 g/mol. The summed E-state index contributed by atoms with van der Waals surface area (Å²) in [7, 11) is 0. The average molecular weight is 244 g/mol. The van der Waals surface area contributed by atoms with Gasteiger partial charge in [-0.3, -0.25) is 9.78 Å². The van der Waals surface area contributed by atoms with Gasteiger partial charge in [-0.2, -0.15) is 0 Å². The molecule has 3 rings (SSSR count). The topological polar surface area (TPSA) is 61.0 Å². The second-order valence-corrected chi connectivity index (χ2v) is 4.47. The molecule has 1 saturated heterocycles. The number of allylic oxidation sites excluding steroid dienone is 2. The molecule has 18 heavy (non-hydrogen) atoms. The van der Waals surface area contributed by atoms with E-state index in [0.717, 1.165) is 38.3 Å². The van der Waals surface area contributed by atoms with Crippen LogP contribution in [0.15, 0.2) is 16.9 Å². The molecule has 1 aromatic rings. The minimum Gasteiger partial charge on any atom is -0.340 e. The van der Waals surface area contributed by atoms with Gasteiger partial charge in [0.1, 0.15) is 0 Å². The van der Waals surface area contributed by atoms with Crippen LogP contribution in [0, 0.1) is 0 Å². The molecule has 1 fully saturated rings. The molecule has 0 unspecified atom stereocenters. The molecule has 0 saturated carbocycles. The standard InChI is InChI=1S/C13H16N4O/c18-12-10-4-2-1-3-5-11(10)15-13(16-12)17-8-6-14-7-9-17/h2-5,14H,1,6-9H2,(H,15,16,18). The van der Waals surface area contributed by atoms with Gasteiger partial charge in [0.05, 0.1) is 11.3 Å². The molecule has 0 spiro atoms. The zero-order valence-electron chi connectivity index (χ0n) is 10.1. The lowest BCUT2D eigenvalue weighted by Gasteiger charge is -2.28. The van der Waals surface area contributed by atoms with Gasteiger partial charge in [0.15, 0.2) is 0 Å². The van der Waals surface area contributed by atoms with E-state index in [1.165, 1.54) is 0 Å². The minimum absolute atomic E-state index is 0.0590. The highest BCUT2D eigenvalue weighted by Crippen LogP contribution is 2.14. The van der Waals surface area contributed by atoms with E-state index in [1.54, 1.807) is 0 Å². The molecule has 2 aliphatic rings. The summed E-state index contributed by atoms with van der Waals surface area (Å²) >= 11 is 0. The Kier molecular flexibility index (Phi) is 2.98. The molecule has 1 aliphatic carbocycles. The molecule has 0 aromatic carbocycles. The smallest absolute Gasteiger partial charge is 0.260 e. The highest BCUT2D eigenvalue weighted by atomic mass is 16.1. The Morgan fingerprint density at radius 3 is 2.78 bits per heavy atom. The number of nitrogens with zero attached hydrogens (tertiary/aromatic N) is 2. The normalized spacial score (nSPS) is 18.6. The molecule has 1 aliphatic heterocycles. The fourth-order valence-corrected chi connectivity index (χ4v) is 2.25. The summed E-state index contributed by atoms with van der Waals surface area (Å²) in [6, 6.07) is 0. The van der Waals surface area contributed by atoms with Crippen molar-refractivity contribution in [3.63, 3.8) is 0 Å². The minimum atomic E-state index is -0.0590. The van der Waals surface area contributed by atoms with Gasteiger partial charge in [-0.25, -0.2) is 4.98 Å². The van der Waals surface area contributed by atoms with E-state index >= 15 is 0 Å². The van der Waals surface area contributed by atoms with Crippen LogP contribution in [0.1, 0.15) is 17.7 Å². The largest absolute Gasteiger partial charge is 0.340 e. The van der Waals surface area contributed by atoms with Crippen molar-refractivity contribution in [1.82, 2.24) is 15.3 Å². The molecule has 0 atom stereocenters. The van der Waals surface area contributed by atoms with E-state index in [0.29, 0.717) is 11.5 Å². The highest BCUT2D eigenvalue weighted by molar-refractivity contribution is 5.65. The number of hydrogen-bond donors (Lipinski definition) is 2. The van der Waals surface area contributed by atoms with E-state index in [9.17, 15) is 4.79 Å². The third-order valence-electron chi connectivity index (χ3n) is 3.22. The van der Waals surface area contributed by atoms with E-state index < -0.39 is 0 Å². The summed E-state index contributed by atoms with van der Waals surface area (Å²) in [6.45, 7) is 3.61. The Bertz CT molecular complexity index is 553. The van der Waals surface area contributed by atoms with Crippen molar-refractivity contribution in [2.75, 3.05) is 31.1 Å². The Morgan fingerprint density at radius 2 is 1.94 bits per heavy atom. The molecule has 1 aromatic heterocycles. The highest BCUT2D eigenvalue weighted by Gasteiger charge is 2.15. The quantitative estimate of drug-likeness (QED) is 0.760. The number of rotatable bonds is 1. The third kappa shape index (κ3) is 2.09. The van der Waals surface area contributed by atoms with E-state index in [1.807, 2.05) is 24.3 Å². The Balaban J connectivity index is 2.02. The van der Waals surface area contributed by atoms with Crippen molar-refractivity contribution in [3.05, 3.63) is 33.8 Å². The number of hydrogen-bond acceptors (Lipinski definition) is 4. The van der Waals surface area contributed by atoms with Gasteiger partial charge in [-0.15, -0.1) is 0 Å². The van der Waals surface area contributed by atoms with Gasteiger partial charge < -0.3 is 10.2 Å². The van der Waals surface area contributed by atoms with Crippen molar-refractivity contribution in [1.29, 1.82) is 0 Å². The van der Waals surface area contributed by atoms with Crippen molar-refractivity contribution in [2.24, 2.45) is 0 Å². The van der Waals surface area contributed by atoms with Crippen molar-refractivity contribution < 1.29 is 0 Å². The first-order valence-electron chi connectivity index (χ1n) is 6.28. The van der Waals surface area contributed by atoms with E-state index in [2.05, 4.69) is 20.2 Å². The number of H-pyrrole nitrogens is 1. The van der Waals surface area contributed by atoms with Crippen LogP contribution >= 0.6 is 0 Å². The SMILES string of the molecule is O=c1[nH]c(N2CCNCC2)nc2c1C=CCC=C2. The number of anilines is 1. The van der Waals surface area contributed by atoms with Crippen LogP contribution in [0.2, 0.25) is 0 Å². The maximum absolute atomic E-state index is 12.1. The van der Waals surface area contributed by atoms with Crippen LogP contribution in [0.3, 0.4) is 0 Å². The maximum Gasteiger partial charge on any atom is 0.260 e. The average Bonchev–Trinajstić information content (AvgIpc) is 2.65. The van der Waals surface area contributed by atoms with Gasteiger partial charge in [-0.1, -0.05) is 18.2 Å². The van der Waals surface area contributed by atoms with E-state index in [4.69, 9.17) is 0 Å². The van der Waals surface area contributed by atoms with Gasteiger partial charge >= 0.3 is 0 Å². The van der Waals surface area contributed by atoms with Crippen molar-refractivity contribution >= 4 is 18.1 Å². The second-order valence-electron chi connectivity index (χ2n) is 4.47. The summed E-state index contributed by atoms with van der Waals surface area (Å²) in [5, 5.41) is 3.28. The zero-order valence-corrected chi connectivity index (χ0v) is 10.1. The summed E-state index contributed by atoms with van der Waals surface area (Å²) < 4.78 is 0. The fraction of sp³-hybridized carbons (Fsp3) is 0.385. The molecular formula is C13H16N4O. The predicted octanol–water partition coefficient (Wildman–Crippen LogP) is 0.610. The zero-order chi connectivity index (χ0) is 12.4. The van der Waals surface area contributed by atoms with Crippen molar-refractivity contribution in [3.8, 4) is 0 Å². The summed E-state index contributed by atoms with van der Waals surface area (Å²) in [5.41, 5.74) is 1.36. The lowest BCUT2D eigenvalue weighted by Crippen LogP contribution is -2.45. The maximum atomic E-state index is 12.1. The molecule has 5 heteroatoms. The van der Waals surface area contributed by atoms with Crippen LogP contribution in [-0.4, -0.2) is 36.1 Å². The molecule has 94 valence electrons.